The highest BCUT2D eigenvalue weighted by Gasteiger charge is 2.11. The Balaban J connectivity index is 3.71. The molecule has 0 aliphatic heterocycles. The van der Waals surface area contributed by atoms with Crippen molar-refractivity contribution in [1.82, 2.24) is 5.32 Å². The maximum Gasteiger partial charge on any atom is 0.307 e. The topological polar surface area (TPSA) is 38.3 Å². The van der Waals surface area contributed by atoms with E-state index in [2.05, 4.69) is 23.9 Å². The van der Waals surface area contributed by atoms with E-state index in [1.54, 1.807) is 0 Å². The third-order valence-electron chi connectivity index (χ3n) is 2.21. The summed E-state index contributed by atoms with van der Waals surface area (Å²) in [4.78, 5) is 10.9. The third-order valence-corrected chi connectivity index (χ3v) is 2.21. The zero-order chi connectivity index (χ0) is 10.3. The molecular formula is C10H21NO2. The summed E-state index contributed by atoms with van der Waals surface area (Å²) < 4.78 is 4.59. The van der Waals surface area contributed by atoms with Crippen LogP contribution < -0.4 is 5.32 Å². The average molecular weight is 187 g/mol. The van der Waals surface area contributed by atoms with Gasteiger partial charge in [0.25, 0.3) is 0 Å². The molecule has 3 nitrogen and oxygen atoms in total. The number of nitrogens with one attached hydrogen (secondary N) is 1. The second-order valence-electron chi connectivity index (χ2n) is 3.36. The molecule has 0 aromatic carbocycles. The summed E-state index contributed by atoms with van der Waals surface area (Å²) >= 11 is 0. The monoisotopic (exact) mass is 187 g/mol. The van der Waals surface area contributed by atoms with Gasteiger partial charge in [-0.3, -0.25) is 4.79 Å². The van der Waals surface area contributed by atoms with Crippen LogP contribution in [0.5, 0.6) is 0 Å². The van der Waals surface area contributed by atoms with Gasteiger partial charge in [0.05, 0.1) is 13.5 Å². The predicted molar refractivity (Wildman–Crippen MR) is 53.6 cm³/mol. The van der Waals surface area contributed by atoms with Gasteiger partial charge in [-0.05, 0) is 19.8 Å². The lowest BCUT2D eigenvalue weighted by atomic mass is 10.1. The molecule has 0 saturated heterocycles. The van der Waals surface area contributed by atoms with Crippen LogP contribution in [0.4, 0.5) is 0 Å². The van der Waals surface area contributed by atoms with Crippen molar-refractivity contribution in [3.8, 4) is 0 Å². The van der Waals surface area contributed by atoms with E-state index in [-0.39, 0.29) is 12.0 Å². The van der Waals surface area contributed by atoms with Crippen LogP contribution in [-0.2, 0) is 9.53 Å². The van der Waals surface area contributed by atoms with Gasteiger partial charge in [0, 0.05) is 12.1 Å². The van der Waals surface area contributed by atoms with Gasteiger partial charge in [0.1, 0.15) is 0 Å². The minimum Gasteiger partial charge on any atom is -0.469 e. The Kier molecular flexibility index (Phi) is 6.59. The molecule has 0 radical (unpaired) electrons. The summed E-state index contributed by atoms with van der Waals surface area (Å²) in [5, 5.41) is 3.38. The number of ether oxygens (including phenoxy) is 1. The summed E-state index contributed by atoms with van der Waals surface area (Å²) in [5.41, 5.74) is 0. The lowest BCUT2D eigenvalue weighted by molar-refractivity contribution is -0.141. The Morgan fingerprint density at radius 2 is 1.92 bits per heavy atom. The van der Waals surface area contributed by atoms with Gasteiger partial charge < -0.3 is 10.1 Å². The highest BCUT2D eigenvalue weighted by molar-refractivity contribution is 5.69. The van der Waals surface area contributed by atoms with Crippen LogP contribution in [0.25, 0.3) is 0 Å². The van der Waals surface area contributed by atoms with Crippen LogP contribution >= 0.6 is 0 Å². The Morgan fingerprint density at radius 3 is 2.31 bits per heavy atom. The van der Waals surface area contributed by atoms with Crippen molar-refractivity contribution in [2.45, 2.75) is 52.1 Å². The molecule has 0 aromatic heterocycles. The minimum atomic E-state index is -0.147. The Morgan fingerprint density at radius 1 is 1.38 bits per heavy atom. The number of esters is 1. The van der Waals surface area contributed by atoms with Crippen LogP contribution in [0.15, 0.2) is 0 Å². The van der Waals surface area contributed by atoms with Crippen molar-refractivity contribution in [3.63, 3.8) is 0 Å². The molecule has 1 atom stereocenters. The first-order valence-electron chi connectivity index (χ1n) is 4.96. The van der Waals surface area contributed by atoms with Crippen molar-refractivity contribution >= 4 is 5.97 Å². The Labute approximate surface area is 80.8 Å². The molecule has 0 rings (SSSR count). The van der Waals surface area contributed by atoms with E-state index in [1.807, 2.05) is 6.92 Å². The van der Waals surface area contributed by atoms with Crippen LogP contribution in [0.3, 0.4) is 0 Å². The standard InChI is InChI=1S/C10H21NO2/c1-5-9(6-2)11-8(3)7-10(12)13-4/h8-9,11H,5-7H2,1-4H3. The number of hydrogen-bond donors (Lipinski definition) is 1. The van der Waals surface area contributed by atoms with Crippen molar-refractivity contribution in [1.29, 1.82) is 0 Å². The molecule has 0 amide bonds. The van der Waals surface area contributed by atoms with Gasteiger partial charge in [-0.1, -0.05) is 13.8 Å². The molecule has 0 fully saturated rings. The van der Waals surface area contributed by atoms with Crippen LogP contribution in [0.1, 0.15) is 40.0 Å². The summed E-state index contributed by atoms with van der Waals surface area (Å²) in [5.74, 6) is -0.147. The molecule has 0 aromatic rings. The highest BCUT2D eigenvalue weighted by Crippen LogP contribution is 2.01. The number of rotatable bonds is 6. The SMILES string of the molecule is CCC(CC)NC(C)CC(=O)OC. The highest BCUT2D eigenvalue weighted by atomic mass is 16.5. The van der Waals surface area contributed by atoms with Crippen molar-refractivity contribution in [2.75, 3.05) is 7.11 Å². The zero-order valence-electron chi connectivity index (χ0n) is 9.09. The molecule has 0 bridgehead atoms. The quantitative estimate of drug-likeness (QED) is 0.643. The van der Waals surface area contributed by atoms with Gasteiger partial charge in [0.15, 0.2) is 0 Å². The fraction of sp³-hybridized carbons (Fsp3) is 0.900. The predicted octanol–water partition coefficient (Wildman–Crippen LogP) is 1.72. The van der Waals surface area contributed by atoms with E-state index >= 15 is 0 Å². The fourth-order valence-corrected chi connectivity index (χ4v) is 1.32. The van der Waals surface area contributed by atoms with Crippen LogP contribution in [0.2, 0.25) is 0 Å². The van der Waals surface area contributed by atoms with E-state index in [0.29, 0.717) is 12.5 Å². The van der Waals surface area contributed by atoms with E-state index in [4.69, 9.17) is 0 Å². The largest absolute Gasteiger partial charge is 0.469 e. The van der Waals surface area contributed by atoms with Crippen molar-refractivity contribution in [3.05, 3.63) is 0 Å². The zero-order valence-corrected chi connectivity index (χ0v) is 9.09. The number of carbonyl (C=O) groups is 1. The van der Waals surface area contributed by atoms with E-state index in [9.17, 15) is 4.79 Å². The van der Waals surface area contributed by atoms with Crippen molar-refractivity contribution < 1.29 is 9.53 Å². The molecule has 1 unspecified atom stereocenters. The molecule has 0 aliphatic carbocycles. The van der Waals surface area contributed by atoms with Gasteiger partial charge in [-0.15, -0.1) is 0 Å². The Bertz CT molecular complexity index is 144. The number of methoxy groups -OCH3 is 1. The van der Waals surface area contributed by atoms with E-state index in [1.165, 1.54) is 7.11 Å². The second-order valence-corrected chi connectivity index (χ2v) is 3.36. The van der Waals surface area contributed by atoms with Crippen molar-refractivity contribution in [2.24, 2.45) is 0 Å². The first kappa shape index (κ1) is 12.4. The second kappa shape index (κ2) is 6.89. The molecule has 3 heteroatoms. The summed E-state index contributed by atoms with van der Waals surface area (Å²) in [6.45, 7) is 6.30. The van der Waals surface area contributed by atoms with Crippen LogP contribution in [0, 0.1) is 0 Å². The Hall–Kier alpha value is -0.570. The third kappa shape index (κ3) is 5.64. The molecule has 0 heterocycles. The molecule has 0 spiro atoms. The average Bonchev–Trinajstić information content (AvgIpc) is 2.13. The molecular weight excluding hydrogens is 166 g/mol. The van der Waals surface area contributed by atoms with E-state index in [0.717, 1.165) is 12.8 Å². The van der Waals surface area contributed by atoms with Gasteiger partial charge >= 0.3 is 5.97 Å². The normalized spacial score (nSPS) is 13.0. The lowest BCUT2D eigenvalue weighted by Crippen LogP contribution is -2.37. The molecule has 1 N–H and O–H groups in total. The van der Waals surface area contributed by atoms with E-state index < -0.39 is 0 Å². The molecule has 0 aliphatic rings. The molecule has 0 saturated carbocycles. The van der Waals surface area contributed by atoms with Crippen LogP contribution in [-0.4, -0.2) is 25.2 Å². The maximum absolute atomic E-state index is 10.9. The molecule has 13 heavy (non-hydrogen) atoms. The smallest absolute Gasteiger partial charge is 0.307 e. The van der Waals surface area contributed by atoms with Gasteiger partial charge in [0.2, 0.25) is 0 Å². The first-order valence-corrected chi connectivity index (χ1v) is 4.96. The summed E-state index contributed by atoms with van der Waals surface area (Å²) in [7, 11) is 1.42. The van der Waals surface area contributed by atoms with Gasteiger partial charge in [-0.25, -0.2) is 0 Å². The number of carbonyl (C=O) groups excluding carboxylic acids is 1. The maximum atomic E-state index is 10.9. The summed E-state index contributed by atoms with van der Waals surface area (Å²) in [6.07, 6.45) is 2.65. The number of hydrogen-bond acceptors (Lipinski definition) is 3. The minimum absolute atomic E-state index is 0.147. The molecule has 78 valence electrons. The lowest BCUT2D eigenvalue weighted by Gasteiger charge is -2.19. The fourth-order valence-electron chi connectivity index (χ4n) is 1.32. The summed E-state index contributed by atoms with van der Waals surface area (Å²) in [6, 6.07) is 0.719. The first-order chi connectivity index (χ1) is 6.13. The van der Waals surface area contributed by atoms with Gasteiger partial charge in [-0.2, -0.15) is 0 Å².